The molecule has 1 heterocycles. The minimum Gasteiger partial charge on any atom is -0.389 e. The summed E-state index contributed by atoms with van der Waals surface area (Å²) in [5.41, 5.74) is -0.667. The van der Waals surface area contributed by atoms with E-state index in [2.05, 4.69) is 32.6 Å². The highest BCUT2D eigenvalue weighted by Gasteiger charge is 2.89. The molecule has 3 N–H and O–H groups in total. The van der Waals surface area contributed by atoms with E-state index in [9.17, 15) is 15.3 Å². The Hall–Kier alpha value is 0.160. The molecule has 6 heteroatoms. The normalized spacial score (nSPS) is 49.4. The first-order chi connectivity index (χ1) is 17.7. The van der Waals surface area contributed by atoms with Crippen molar-refractivity contribution in [2.45, 2.75) is 121 Å². The second-order valence-electron chi connectivity index (χ2n) is 15.8. The van der Waals surface area contributed by atoms with Gasteiger partial charge < -0.3 is 15.3 Å². The molecule has 0 aromatic rings. The lowest BCUT2D eigenvalue weighted by molar-refractivity contribution is -0.342. The van der Waals surface area contributed by atoms with Gasteiger partial charge in [-0.15, -0.1) is 23.2 Å². The Morgan fingerprint density at radius 2 is 1.66 bits per heavy atom. The first-order valence-electron chi connectivity index (χ1n) is 15.5. The number of fused-ring (bicyclic) bond motifs is 1. The Balaban J connectivity index is 1.16. The maximum atomic E-state index is 11.7. The number of hydrogen-bond acceptors (Lipinski definition) is 4. The quantitative estimate of drug-likeness (QED) is 0.242. The molecule has 6 fully saturated rings. The molecule has 6 rings (SSSR count). The standard InChI is InChI=1S/C32H51Cl2NO3/c1-19(2)24(27(37)35-17-25(28(3,4)18-35)21-6-8-23(33)9-7-21)10-11-26(36)29(5,34)30-12-20-13-31(38)16-22(15-30)32(30,31)14-20/h10-11,19-27,36-38H,6-9,12-18H2,1-5H3/b11-10+/t20?,21?,22?,23?,24-,25?,26?,27?,29?,30?,31?,32?/m1/s1. The molecule has 4 nitrogen and oxygen atoms in total. The highest BCUT2D eigenvalue weighted by atomic mass is 35.5. The average molecular weight is 569 g/mol. The van der Waals surface area contributed by atoms with Gasteiger partial charge in [-0.25, -0.2) is 0 Å². The van der Waals surface area contributed by atoms with E-state index >= 15 is 0 Å². The minimum absolute atomic E-state index is 0.0777. The zero-order valence-corrected chi connectivity index (χ0v) is 25.7. The number of rotatable bonds is 8. The summed E-state index contributed by atoms with van der Waals surface area (Å²) in [5.74, 6) is 2.51. The summed E-state index contributed by atoms with van der Waals surface area (Å²) in [5, 5.41) is 34.9. The van der Waals surface area contributed by atoms with Crippen molar-refractivity contribution in [3.05, 3.63) is 12.2 Å². The zero-order valence-electron chi connectivity index (χ0n) is 24.2. The van der Waals surface area contributed by atoms with Crippen LogP contribution >= 0.6 is 23.2 Å². The number of nitrogens with zero attached hydrogens (tertiary/aromatic N) is 1. The van der Waals surface area contributed by atoms with Crippen LogP contribution in [-0.4, -0.2) is 61.5 Å². The van der Waals surface area contributed by atoms with Gasteiger partial charge in [-0.05, 0) is 99.7 Å². The van der Waals surface area contributed by atoms with Gasteiger partial charge in [0.2, 0.25) is 0 Å². The SMILES string of the molecule is CC(C)[C@@H](/C=C/C(O)C(C)(Cl)C12CC3CC4(O)CC(C1)C42C3)C(O)N1CC(C2CCC(Cl)CC2)C(C)(C)C1. The third-order valence-corrected chi connectivity index (χ3v) is 14.3. The van der Waals surface area contributed by atoms with Gasteiger partial charge >= 0.3 is 0 Å². The average Bonchev–Trinajstić information content (AvgIpc) is 3.41. The van der Waals surface area contributed by atoms with Gasteiger partial charge in [0, 0.05) is 35.2 Å². The zero-order chi connectivity index (χ0) is 27.5. The summed E-state index contributed by atoms with van der Waals surface area (Å²) in [6.07, 6.45) is 12.1. The Bertz CT molecular complexity index is 960. The largest absolute Gasteiger partial charge is 0.389 e. The lowest BCUT2D eigenvalue weighted by Gasteiger charge is -2.79. The predicted molar refractivity (Wildman–Crippen MR) is 154 cm³/mol. The summed E-state index contributed by atoms with van der Waals surface area (Å²) < 4.78 is 0. The van der Waals surface area contributed by atoms with Crippen LogP contribution in [0.2, 0.25) is 0 Å². The molecule has 2 bridgehead atoms. The molecule has 0 amide bonds. The van der Waals surface area contributed by atoms with E-state index in [1.54, 1.807) is 0 Å². The molecule has 9 unspecified atom stereocenters. The van der Waals surface area contributed by atoms with Crippen molar-refractivity contribution in [3.8, 4) is 0 Å². The van der Waals surface area contributed by atoms with Crippen LogP contribution in [0.5, 0.6) is 0 Å². The molecule has 38 heavy (non-hydrogen) atoms. The lowest BCUT2D eigenvalue weighted by Crippen LogP contribution is -2.80. The summed E-state index contributed by atoms with van der Waals surface area (Å²) in [6, 6.07) is 0. The molecule has 1 saturated heterocycles. The molecule has 216 valence electrons. The van der Waals surface area contributed by atoms with Crippen molar-refractivity contribution in [3.63, 3.8) is 0 Å². The van der Waals surface area contributed by atoms with Crippen molar-refractivity contribution >= 4 is 23.2 Å². The predicted octanol–water partition coefficient (Wildman–Crippen LogP) is 6.19. The molecular weight excluding hydrogens is 517 g/mol. The summed E-state index contributed by atoms with van der Waals surface area (Å²) in [4.78, 5) is 1.47. The topological polar surface area (TPSA) is 63.9 Å². The molecular formula is C32H51Cl2NO3. The van der Waals surface area contributed by atoms with Gasteiger partial charge in [0.25, 0.3) is 0 Å². The molecule has 5 aliphatic carbocycles. The summed E-state index contributed by atoms with van der Waals surface area (Å²) >= 11 is 13.7. The van der Waals surface area contributed by atoms with Crippen LogP contribution < -0.4 is 0 Å². The third kappa shape index (κ3) is 3.68. The van der Waals surface area contributed by atoms with Gasteiger partial charge in [0.1, 0.15) is 6.23 Å². The molecule has 0 radical (unpaired) electrons. The number of aliphatic hydroxyl groups is 3. The molecule has 5 saturated carbocycles. The molecule has 1 spiro atoms. The van der Waals surface area contributed by atoms with Gasteiger partial charge in [-0.3, -0.25) is 4.90 Å². The Kier molecular flexibility index (Phi) is 6.76. The van der Waals surface area contributed by atoms with Crippen LogP contribution in [0.4, 0.5) is 0 Å². The summed E-state index contributed by atoms with van der Waals surface area (Å²) in [7, 11) is 0. The highest BCUT2D eigenvalue weighted by Crippen LogP contribution is 2.90. The van der Waals surface area contributed by atoms with E-state index in [1.807, 2.05) is 19.1 Å². The Morgan fingerprint density at radius 3 is 2.26 bits per heavy atom. The first kappa shape index (κ1) is 28.3. The lowest BCUT2D eigenvalue weighted by atomic mass is 9.27. The number of likely N-dealkylation sites (tertiary alicyclic amines) is 1. The fraction of sp³-hybridized carbons (Fsp3) is 0.938. The van der Waals surface area contributed by atoms with E-state index in [-0.39, 0.29) is 28.1 Å². The fourth-order valence-corrected chi connectivity index (χ4v) is 12.1. The number of halogens is 2. The van der Waals surface area contributed by atoms with E-state index in [4.69, 9.17) is 23.2 Å². The van der Waals surface area contributed by atoms with E-state index in [0.717, 1.165) is 58.0 Å². The highest BCUT2D eigenvalue weighted by molar-refractivity contribution is 6.25. The van der Waals surface area contributed by atoms with Crippen molar-refractivity contribution in [2.75, 3.05) is 13.1 Å². The van der Waals surface area contributed by atoms with Gasteiger partial charge in [-0.1, -0.05) is 39.8 Å². The van der Waals surface area contributed by atoms with Crippen molar-refractivity contribution in [1.29, 1.82) is 0 Å². The molecule has 0 aromatic carbocycles. The van der Waals surface area contributed by atoms with E-state index < -0.39 is 22.8 Å². The number of alkyl halides is 2. The fourth-order valence-electron chi connectivity index (χ4n) is 11.4. The van der Waals surface area contributed by atoms with Crippen LogP contribution in [0, 0.1) is 51.8 Å². The van der Waals surface area contributed by atoms with Crippen LogP contribution in [-0.2, 0) is 0 Å². The number of aliphatic hydroxyl groups excluding tert-OH is 2. The van der Waals surface area contributed by atoms with Crippen LogP contribution in [0.3, 0.4) is 0 Å². The Labute approximate surface area is 240 Å². The van der Waals surface area contributed by atoms with Gasteiger partial charge in [-0.2, -0.15) is 0 Å². The molecule has 10 atom stereocenters. The molecule has 6 aliphatic rings. The Morgan fingerprint density at radius 1 is 0.974 bits per heavy atom. The molecule has 0 aromatic heterocycles. The minimum atomic E-state index is -0.821. The van der Waals surface area contributed by atoms with Crippen LogP contribution in [0.25, 0.3) is 0 Å². The van der Waals surface area contributed by atoms with E-state index in [1.165, 1.54) is 12.8 Å². The van der Waals surface area contributed by atoms with E-state index in [0.29, 0.717) is 29.0 Å². The van der Waals surface area contributed by atoms with Gasteiger partial charge in [0.15, 0.2) is 0 Å². The maximum absolute atomic E-state index is 11.7. The second-order valence-corrected chi connectivity index (χ2v) is 17.2. The third-order valence-electron chi connectivity index (χ3n) is 13.2. The van der Waals surface area contributed by atoms with Crippen LogP contribution in [0.15, 0.2) is 12.2 Å². The molecule has 1 aliphatic heterocycles. The van der Waals surface area contributed by atoms with Gasteiger partial charge in [0.05, 0.1) is 16.6 Å². The second kappa shape index (κ2) is 9.08. The number of hydrogen-bond donors (Lipinski definition) is 3. The first-order valence-corrected chi connectivity index (χ1v) is 16.3. The smallest absolute Gasteiger partial charge is 0.113 e. The maximum Gasteiger partial charge on any atom is 0.113 e. The van der Waals surface area contributed by atoms with Crippen molar-refractivity contribution in [2.24, 2.45) is 51.8 Å². The van der Waals surface area contributed by atoms with Crippen LogP contribution in [0.1, 0.15) is 92.4 Å². The van der Waals surface area contributed by atoms with Crippen molar-refractivity contribution in [1.82, 2.24) is 4.90 Å². The monoisotopic (exact) mass is 567 g/mol. The van der Waals surface area contributed by atoms with Crippen molar-refractivity contribution < 1.29 is 15.3 Å². The summed E-state index contributed by atoms with van der Waals surface area (Å²) in [6.45, 7) is 12.9.